The average molecular weight is 461 g/mol. The first-order valence-corrected chi connectivity index (χ1v) is 12.5. The summed E-state index contributed by atoms with van der Waals surface area (Å²) in [5.41, 5.74) is 4.38. The van der Waals surface area contributed by atoms with Gasteiger partial charge in [0.25, 0.3) is 0 Å². The van der Waals surface area contributed by atoms with Crippen molar-refractivity contribution in [2.75, 3.05) is 6.61 Å². The van der Waals surface area contributed by atoms with Crippen LogP contribution < -0.4 is 4.74 Å². The topological polar surface area (TPSA) is 61.3 Å². The third-order valence-corrected chi connectivity index (χ3v) is 5.76. The molecule has 3 aromatic rings. The summed E-state index contributed by atoms with van der Waals surface area (Å²) in [6, 6.07) is 16.1. The lowest BCUT2D eigenvalue weighted by molar-refractivity contribution is -0.151. The number of carbonyl (C=O) groups is 1. The van der Waals surface area contributed by atoms with Gasteiger partial charge >= 0.3 is 5.97 Å². The van der Waals surface area contributed by atoms with Crippen molar-refractivity contribution in [2.45, 2.75) is 71.8 Å². The first-order valence-electron chi connectivity index (χ1n) is 12.5. The Bertz CT molecular complexity index is 999. The zero-order chi connectivity index (χ0) is 24.2. The Morgan fingerprint density at radius 1 is 0.794 bits per heavy atom. The lowest BCUT2D eigenvalue weighted by Gasteiger charge is -2.14. The van der Waals surface area contributed by atoms with Crippen LogP contribution in [0.25, 0.3) is 22.5 Å². The van der Waals surface area contributed by atoms with Crippen molar-refractivity contribution in [1.82, 2.24) is 9.97 Å². The van der Waals surface area contributed by atoms with Crippen LogP contribution in [-0.4, -0.2) is 28.6 Å². The van der Waals surface area contributed by atoms with Crippen LogP contribution in [0.3, 0.4) is 0 Å². The number of ether oxygens (including phenoxy) is 2. The van der Waals surface area contributed by atoms with Crippen molar-refractivity contribution in [3.8, 4) is 28.3 Å². The molecular formula is C29H36N2O3. The summed E-state index contributed by atoms with van der Waals surface area (Å²) in [5.74, 6) is 0.908. The zero-order valence-electron chi connectivity index (χ0n) is 20.6. The lowest BCUT2D eigenvalue weighted by atomic mass is 10.0. The number of carbonyl (C=O) groups excluding carboxylic acids is 1. The van der Waals surface area contributed by atoms with Gasteiger partial charge in [0.15, 0.2) is 11.9 Å². The molecule has 5 nitrogen and oxygen atoms in total. The quantitative estimate of drug-likeness (QED) is 0.202. The van der Waals surface area contributed by atoms with Crippen LogP contribution in [0, 0.1) is 0 Å². The molecule has 0 bridgehead atoms. The number of unbranched alkanes of at least 4 members (excludes halogenated alkanes) is 4. The second-order valence-electron chi connectivity index (χ2n) is 8.61. The van der Waals surface area contributed by atoms with Crippen LogP contribution in [0.2, 0.25) is 0 Å². The molecule has 0 aliphatic rings. The molecule has 0 fully saturated rings. The molecule has 5 heteroatoms. The molecule has 0 aliphatic carbocycles. The summed E-state index contributed by atoms with van der Waals surface area (Å²) in [4.78, 5) is 21.1. The third kappa shape index (κ3) is 7.68. The van der Waals surface area contributed by atoms with Crippen LogP contribution in [-0.2, 0) is 16.0 Å². The zero-order valence-corrected chi connectivity index (χ0v) is 20.6. The highest BCUT2D eigenvalue weighted by molar-refractivity contribution is 5.74. The van der Waals surface area contributed by atoms with Gasteiger partial charge in [-0.25, -0.2) is 14.8 Å². The fourth-order valence-corrected chi connectivity index (χ4v) is 3.62. The van der Waals surface area contributed by atoms with E-state index in [9.17, 15) is 4.79 Å². The van der Waals surface area contributed by atoms with Crippen LogP contribution in [0.1, 0.15) is 64.9 Å². The van der Waals surface area contributed by atoms with Crippen LogP contribution in [0.4, 0.5) is 0 Å². The lowest BCUT2D eigenvalue weighted by Crippen LogP contribution is -2.26. The molecule has 1 unspecified atom stereocenters. The maximum Gasteiger partial charge on any atom is 0.347 e. The molecular weight excluding hydrogens is 424 g/mol. The maximum absolute atomic E-state index is 12.0. The SMILES string of the molecule is CCCCCCc1ccc(-c2cnc(-c3ccc(OC(C)C(=O)OCCCC)cc3)nc2)cc1. The Hall–Kier alpha value is -3.21. The fraction of sp³-hybridized carbons (Fsp3) is 0.414. The predicted octanol–water partition coefficient (Wildman–Crippen LogP) is 7.04. The molecule has 0 radical (unpaired) electrons. The van der Waals surface area contributed by atoms with Gasteiger partial charge < -0.3 is 9.47 Å². The molecule has 0 N–H and O–H groups in total. The number of aryl methyl sites for hydroxylation is 1. The van der Waals surface area contributed by atoms with Gasteiger partial charge in [-0.1, -0.05) is 63.8 Å². The number of hydrogen-bond acceptors (Lipinski definition) is 5. The number of nitrogens with zero attached hydrogens (tertiary/aromatic N) is 2. The molecule has 3 rings (SSSR count). The third-order valence-electron chi connectivity index (χ3n) is 5.76. The van der Waals surface area contributed by atoms with E-state index in [1.807, 2.05) is 36.7 Å². The van der Waals surface area contributed by atoms with Crippen molar-refractivity contribution in [3.63, 3.8) is 0 Å². The molecule has 0 aliphatic heterocycles. The van der Waals surface area contributed by atoms with E-state index in [-0.39, 0.29) is 5.97 Å². The number of rotatable bonds is 13. The number of hydrogen-bond donors (Lipinski definition) is 0. The van der Waals surface area contributed by atoms with Crippen LogP contribution >= 0.6 is 0 Å². The second-order valence-corrected chi connectivity index (χ2v) is 8.61. The van der Waals surface area contributed by atoms with Crippen molar-refractivity contribution in [1.29, 1.82) is 0 Å². The standard InChI is InChI=1S/C29H36N2O3/c1-4-6-8-9-10-23-11-13-24(14-12-23)26-20-30-28(31-21-26)25-15-17-27(18-16-25)34-22(3)29(32)33-19-7-5-2/h11-18,20-22H,4-10,19H2,1-3H3. The normalized spacial score (nSPS) is 11.7. The highest BCUT2D eigenvalue weighted by Crippen LogP contribution is 2.23. The van der Waals surface area contributed by atoms with Gasteiger partial charge in [0.1, 0.15) is 5.75 Å². The summed E-state index contributed by atoms with van der Waals surface area (Å²) >= 11 is 0. The first-order chi connectivity index (χ1) is 16.6. The Balaban J connectivity index is 1.55. The summed E-state index contributed by atoms with van der Waals surface area (Å²) in [7, 11) is 0. The van der Waals surface area contributed by atoms with E-state index < -0.39 is 6.10 Å². The van der Waals surface area contributed by atoms with Gasteiger partial charge in [0.2, 0.25) is 0 Å². The van der Waals surface area contributed by atoms with Gasteiger partial charge in [-0.15, -0.1) is 0 Å². The van der Waals surface area contributed by atoms with Gasteiger partial charge in [-0.05, 0) is 61.6 Å². The largest absolute Gasteiger partial charge is 0.479 e. The van der Waals surface area contributed by atoms with E-state index in [1.165, 1.54) is 31.2 Å². The Morgan fingerprint density at radius 3 is 2.09 bits per heavy atom. The molecule has 0 saturated heterocycles. The molecule has 2 aromatic carbocycles. The van der Waals surface area contributed by atoms with Gasteiger partial charge in [-0.3, -0.25) is 0 Å². The smallest absolute Gasteiger partial charge is 0.347 e. The number of esters is 1. The number of benzene rings is 2. The minimum absolute atomic E-state index is 0.346. The molecule has 1 aromatic heterocycles. The van der Waals surface area contributed by atoms with Crippen molar-refractivity contribution in [3.05, 3.63) is 66.5 Å². The molecule has 180 valence electrons. The molecule has 34 heavy (non-hydrogen) atoms. The maximum atomic E-state index is 12.0. The van der Waals surface area contributed by atoms with E-state index in [0.29, 0.717) is 18.2 Å². The summed E-state index contributed by atoms with van der Waals surface area (Å²) in [6.45, 7) is 6.42. The second kappa shape index (κ2) is 13.5. The van der Waals surface area contributed by atoms with E-state index in [0.717, 1.165) is 36.0 Å². The fourth-order valence-electron chi connectivity index (χ4n) is 3.62. The summed E-state index contributed by atoms with van der Waals surface area (Å²) < 4.78 is 10.9. The molecule has 0 saturated carbocycles. The minimum atomic E-state index is -0.652. The molecule has 0 amide bonds. The van der Waals surface area contributed by atoms with Gasteiger partial charge in [0.05, 0.1) is 6.61 Å². The van der Waals surface area contributed by atoms with Gasteiger partial charge in [0, 0.05) is 23.5 Å². The predicted molar refractivity (Wildman–Crippen MR) is 137 cm³/mol. The molecule has 1 atom stereocenters. The van der Waals surface area contributed by atoms with Crippen LogP contribution in [0.5, 0.6) is 5.75 Å². The summed E-state index contributed by atoms with van der Waals surface area (Å²) in [6.07, 6.45) is 11.2. The van der Waals surface area contributed by atoms with Crippen molar-refractivity contribution >= 4 is 5.97 Å². The Labute approximate surface area is 203 Å². The minimum Gasteiger partial charge on any atom is -0.479 e. The average Bonchev–Trinajstić information content (AvgIpc) is 2.88. The Morgan fingerprint density at radius 2 is 1.44 bits per heavy atom. The number of aromatic nitrogens is 2. The first kappa shape index (κ1) is 25.4. The molecule has 0 spiro atoms. The monoisotopic (exact) mass is 460 g/mol. The summed E-state index contributed by atoms with van der Waals surface area (Å²) in [5, 5.41) is 0. The van der Waals surface area contributed by atoms with E-state index >= 15 is 0 Å². The van der Waals surface area contributed by atoms with Crippen molar-refractivity contribution in [2.24, 2.45) is 0 Å². The van der Waals surface area contributed by atoms with E-state index in [2.05, 4.69) is 48.1 Å². The highest BCUT2D eigenvalue weighted by atomic mass is 16.6. The van der Waals surface area contributed by atoms with Gasteiger partial charge in [-0.2, -0.15) is 0 Å². The van der Waals surface area contributed by atoms with E-state index in [4.69, 9.17) is 9.47 Å². The van der Waals surface area contributed by atoms with E-state index in [1.54, 1.807) is 6.92 Å². The molecule has 1 heterocycles. The van der Waals surface area contributed by atoms with Crippen molar-refractivity contribution < 1.29 is 14.3 Å². The highest BCUT2D eigenvalue weighted by Gasteiger charge is 2.16. The van der Waals surface area contributed by atoms with Crippen LogP contribution in [0.15, 0.2) is 60.9 Å². The Kier molecular flexibility index (Phi) is 10.1.